The van der Waals surface area contributed by atoms with Crippen LogP contribution in [0.4, 0.5) is 0 Å². The second-order valence-electron chi connectivity index (χ2n) is 9.19. The molecule has 0 amide bonds. The molecule has 0 fully saturated rings. The van der Waals surface area contributed by atoms with E-state index in [0.717, 1.165) is 17.7 Å². The standard InChI is InChI=1S/C29H26ClN3O6/c1-37-21-9-6-18(7-10-21)8-11-22-12-19-13-23(14-26(34)28(19)29(36)39-22)38-17-20-15-33(32-31-20)16-27(35)24-4-2-3-5-25(24)30/h2-7,9-10,13-15,22,34H,8,11-12,16-17H2,1H3. The summed E-state index contributed by atoms with van der Waals surface area (Å²) >= 11 is 6.11. The van der Waals surface area contributed by atoms with E-state index in [1.807, 2.05) is 24.3 Å². The largest absolute Gasteiger partial charge is 0.507 e. The highest BCUT2D eigenvalue weighted by molar-refractivity contribution is 6.33. The lowest BCUT2D eigenvalue weighted by Gasteiger charge is -2.25. The van der Waals surface area contributed by atoms with Gasteiger partial charge in [0.15, 0.2) is 5.78 Å². The Balaban J connectivity index is 1.20. The minimum absolute atomic E-state index is 0.0175. The molecule has 0 radical (unpaired) electrons. The van der Waals surface area contributed by atoms with Crippen LogP contribution in [0.1, 0.15) is 44.0 Å². The summed E-state index contributed by atoms with van der Waals surface area (Å²) < 4.78 is 18.0. The first kappa shape index (κ1) is 26.2. The van der Waals surface area contributed by atoms with Crippen molar-refractivity contribution < 1.29 is 28.9 Å². The molecule has 5 rings (SSSR count). The number of hydrogen-bond acceptors (Lipinski definition) is 8. The average molecular weight is 548 g/mol. The van der Waals surface area contributed by atoms with Crippen molar-refractivity contribution in [2.45, 2.75) is 38.5 Å². The van der Waals surface area contributed by atoms with Crippen molar-refractivity contribution in [2.24, 2.45) is 0 Å². The van der Waals surface area contributed by atoms with E-state index in [2.05, 4.69) is 10.3 Å². The van der Waals surface area contributed by atoms with Gasteiger partial charge in [0.2, 0.25) is 0 Å². The van der Waals surface area contributed by atoms with Crippen LogP contribution in [-0.4, -0.2) is 45.1 Å². The van der Waals surface area contributed by atoms with E-state index >= 15 is 0 Å². The molecule has 10 heteroatoms. The maximum Gasteiger partial charge on any atom is 0.342 e. The molecule has 0 bridgehead atoms. The third-order valence-electron chi connectivity index (χ3n) is 6.46. The van der Waals surface area contributed by atoms with Gasteiger partial charge in [-0.25, -0.2) is 9.48 Å². The molecule has 0 saturated heterocycles. The lowest BCUT2D eigenvalue weighted by Crippen LogP contribution is -2.28. The minimum atomic E-state index is -0.550. The summed E-state index contributed by atoms with van der Waals surface area (Å²) in [5, 5.41) is 18.9. The Kier molecular flexibility index (Phi) is 7.79. The molecule has 3 aromatic carbocycles. The number of nitrogens with zero attached hydrogens (tertiary/aromatic N) is 3. The van der Waals surface area contributed by atoms with Crippen LogP contribution in [-0.2, 0) is 30.7 Å². The number of cyclic esters (lactones) is 1. The van der Waals surface area contributed by atoms with Gasteiger partial charge in [-0.3, -0.25) is 4.79 Å². The first-order valence-corrected chi connectivity index (χ1v) is 12.8. The van der Waals surface area contributed by atoms with E-state index in [4.69, 9.17) is 25.8 Å². The van der Waals surface area contributed by atoms with Crippen LogP contribution in [0, 0.1) is 0 Å². The minimum Gasteiger partial charge on any atom is -0.507 e. The van der Waals surface area contributed by atoms with Gasteiger partial charge in [-0.2, -0.15) is 0 Å². The van der Waals surface area contributed by atoms with E-state index in [1.165, 1.54) is 10.7 Å². The van der Waals surface area contributed by atoms with Crippen molar-refractivity contribution in [2.75, 3.05) is 7.11 Å². The number of rotatable bonds is 10. The van der Waals surface area contributed by atoms with E-state index in [-0.39, 0.29) is 36.4 Å². The van der Waals surface area contributed by atoms with Crippen molar-refractivity contribution >= 4 is 23.4 Å². The number of ether oxygens (including phenoxy) is 3. The summed E-state index contributed by atoms with van der Waals surface area (Å²) in [5.41, 5.74) is 2.84. The molecule has 1 aliphatic rings. The number of phenolic OH excluding ortho intramolecular Hbond substituents is 1. The number of aromatic nitrogens is 3. The summed E-state index contributed by atoms with van der Waals surface area (Å²) in [6.07, 6.45) is 3.12. The molecule has 39 heavy (non-hydrogen) atoms. The molecule has 1 atom stereocenters. The van der Waals surface area contributed by atoms with E-state index in [0.29, 0.717) is 40.4 Å². The molecule has 200 valence electrons. The topological polar surface area (TPSA) is 113 Å². The van der Waals surface area contributed by atoms with Gasteiger partial charge in [0.05, 0.1) is 18.3 Å². The first-order valence-electron chi connectivity index (χ1n) is 12.4. The highest BCUT2D eigenvalue weighted by atomic mass is 35.5. The Morgan fingerprint density at radius 1 is 1.15 bits per heavy atom. The van der Waals surface area contributed by atoms with Crippen LogP contribution in [0.5, 0.6) is 17.2 Å². The molecule has 1 aromatic heterocycles. The van der Waals surface area contributed by atoms with Gasteiger partial charge in [0.1, 0.15) is 47.8 Å². The molecule has 2 heterocycles. The van der Waals surface area contributed by atoms with Crippen molar-refractivity contribution in [1.82, 2.24) is 15.0 Å². The van der Waals surface area contributed by atoms with E-state index in [9.17, 15) is 14.7 Å². The monoisotopic (exact) mass is 547 g/mol. The number of ketones is 1. The zero-order valence-corrected chi connectivity index (χ0v) is 21.9. The summed E-state index contributed by atoms with van der Waals surface area (Å²) in [6, 6.07) is 17.7. The normalized spacial score (nSPS) is 14.4. The molecule has 1 N–H and O–H groups in total. The number of methoxy groups -OCH3 is 1. The van der Waals surface area contributed by atoms with E-state index < -0.39 is 5.97 Å². The molecular weight excluding hydrogens is 522 g/mol. The highest BCUT2D eigenvalue weighted by Crippen LogP contribution is 2.34. The summed E-state index contributed by atoms with van der Waals surface area (Å²) in [6.45, 7) is 0.0419. The SMILES string of the molecule is COc1ccc(CCC2Cc3cc(OCc4cn(CC(=O)c5ccccc5Cl)nn4)cc(O)c3C(=O)O2)cc1. The predicted octanol–water partition coefficient (Wildman–Crippen LogP) is 4.82. The zero-order valence-electron chi connectivity index (χ0n) is 21.2. The fraction of sp³-hybridized carbons (Fsp3) is 0.241. The summed E-state index contributed by atoms with van der Waals surface area (Å²) in [7, 11) is 1.62. The van der Waals surface area contributed by atoms with Crippen molar-refractivity contribution in [3.8, 4) is 17.2 Å². The molecule has 0 saturated carbocycles. The molecule has 9 nitrogen and oxygen atoms in total. The number of aromatic hydroxyl groups is 1. The first-order chi connectivity index (χ1) is 18.9. The number of phenols is 1. The fourth-order valence-corrected chi connectivity index (χ4v) is 4.72. The molecule has 1 unspecified atom stereocenters. The van der Waals surface area contributed by atoms with E-state index in [1.54, 1.807) is 43.6 Å². The second-order valence-corrected chi connectivity index (χ2v) is 9.60. The Labute approximate surface area is 229 Å². The summed E-state index contributed by atoms with van der Waals surface area (Å²) in [4.78, 5) is 25.1. The molecule has 0 spiro atoms. The average Bonchev–Trinajstić information content (AvgIpc) is 3.38. The number of benzene rings is 3. The number of fused-ring (bicyclic) bond motifs is 1. The van der Waals surface area contributed by atoms with Gasteiger partial charge >= 0.3 is 5.97 Å². The number of esters is 1. The molecular formula is C29H26ClN3O6. The van der Waals surface area contributed by atoms with Crippen LogP contribution >= 0.6 is 11.6 Å². The van der Waals surface area contributed by atoms with Gasteiger partial charge in [-0.05, 0) is 54.3 Å². The smallest absolute Gasteiger partial charge is 0.342 e. The highest BCUT2D eigenvalue weighted by Gasteiger charge is 2.30. The van der Waals surface area contributed by atoms with Gasteiger partial charge < -0.3 is 19.3 Å². The number of carbonyl (C=O) groups is 2. The fourth-order valence-electron chi connectivity index (χ4n) is 4.47. The van der Waals surface area contributed by atoms with Crippen molar-refractivity contribution in [3.05, 3.63) is 99.8 Å². The van der Waals surface area contributed by atoms with Gasteiger partial charge in [0.25, 0.3) is 0 Å². The summed E-state index contributed by atoms with van der Waals surface area (Å²) in [5.74, 6) is 0.233. The molecule has 0 aliphatic carbocycles. The number of halogens is 1. The maximum absolute atomic E-state index is 12.6. The molecule has 1 aliphatic heterocycles. The van der Waals surface area contributed by atoms with Crippen molar-refractivity contribution in [3.63, 3.8) is 0 Å². The Morgan fingerprint density at radius 3 is 2.72 bits per heavy atom. The third kappa shape index (κ3) is 6.21. The lowest BCUT2D eigenvalue weighted by molar-refractivity contribution is 0.0234. The van der Waals surface area contributed by atoms with Gasteiger partial charge in [-0.15, -0.1) is 5.10 Å². The Morgan fingerprint density at radius 2 is 1.95 bits per heavy atom. The van der Waals surface area contributed by atoms with Crippen molar-refractivity contribution in [1.29, 1.82) is 0 Å². The number of carbonyl (C=O) groups excluding carboxylic acids is 2. The van der Waals surface area contributed by atoms with Crippen LogP contribution in [0.15, 0.2) is 66.9 Å². The number of aryl methyl sites for hydroxylation is 1. The van der Waals surface area contributed by atoms with Gasteiger partial charge in [0, 0.05) is 18.1 Å². The van der Waals surface area contributed by atoms with Crippen LogP contribution in [0.3, 0.4) is 0 Å². The number of Topliss-reactive ketones (excluding diaryl/α,β-unsaturated/α-hetero) is 1. The quantitative estimate of drug-likeness (QED) is 0.222. The van der Waals surface area contributed by atoms with Crippen LogP contribution in [0.25, 0.3) is 0 Å². The van der Waals surface area contributed by atoms with Gasteiger partial charge in [-0.1, -0.05) is 41.1 Å². The number of hydrogen-bond donors (Lipinski definition) is 1. The second kappa shape index (κ2) is 11.6. The molecule has 4 aromatic rings. The predicted molar refractivity (Wildman–Crippen MR) is 142 cm³/mol. The van der Waals surface area contributed by atoms with Crippen LogP contribution in [0.2, 0.25) is 5.02 Å². The Hall–Kier alpha value is -4.37. The third-order valence-corrected chi connectivity index (χ3v) is 6.79. The Bertz CT molecular complexity index is 1500. The lowest BCUT2D eigenvalue weighted by atomic mass is 9.94. The van der Waals surface area contributed by atoms with Crippen LogP contribution < -0.4 is 9.47 Å². The zero-order chi connectivity index (χ0) is 27.4. The maximum atomic E-state index is 12.6.